The van der Waals surface area contributed by atoms with Gasteiger partial charge >= 0.3 is 6.03 Å². The van der Waals surface area contributed by atoms with Crippen LogP contribution < -0.4 is 21.8 Å². The van der Waals surface area contributed by atoms with E-state index < -0.39 is 6.03 Å². The first-order valence-corrected chi connectivity index (χ1v) is 2.91. The zero-order valence-corrected chi connectivity index (χ0v) is 5.40. The first-order chi connectivity index (χ1) is 5.27. The molecule has 0 unspecified atom stereocenters. The largest absolute Gasteiger partial charge is 0.383 e. The molecule has 0 bridgehead atoms. The lowest BCUT2D eigenvalue weighted by molar-refractivity contribution is 0.251. The Balaban J connectivity index is 2.90. The number of nitrogens with two attached hydrogens (primary N) is 1. The van der Waals surface area contributed by atoms with Crippen molar-refractivity contribution in [3.05, 3.63) is 16.9 Å². The number of aromatic amines is 1. The van der Waals surface area contributed by atoms with Gasteiger partial charge in [0, 0.05) is 0 Å². The van der Waals surface area contributed by atoms with Gasteiger partial charge in [0.15, 0.2) is 5.49 Å². The van der Waals surface area contributed by atoms with E-state index in [1.54, 1.807) is 0 Å². The lowest BCUT2D eigenvalue weighted by Gasteiger charge is -1.98. The van der Waals surface area contributed by atoms with Crippen LogP contribution in [0, 0.1) is 0 Å². The number of hydrogen-bond donors (Lipinski definition) is 2. The molecule has 55 valence electrons. The molecule has 0 aromatic carbocycles. The van der Waals surface area contributed by atoms with E-state index in [1.165, 1.54) is 6.20 Å². The molecule has 0 saturated carbocycles. The number of H-pyrrole nitrogens is 1. The number of urea groups is 1. The number of nitrogens with zero attached hydrogens (tertiary/aromatic N) is 3. The van der Waals surface area contributed by atoms with E-state index in [9.17, 15) is 4.79 Å². The molecule has 1 aromatic heterocycles. The van der Waals surface area contributed by atoms with E-state index in [2.05, 4.69) is 20.5 Å². The van der Waals surface area contributed by atoms with E-state index in [0.717, 1.165) is 0 Å². The van der Waals surface area contributed by atoms with Gasteiger partial charge < -0.3 is 5.73 Å². The highest BCUT2D eigenvalue weighted by Crippen LogP contribution is 1.83. The summed E-state index contributed by atoms with van der Waals surface area (Å²) in [5.41, 5.74) is 5.77. The first-order valence-electron chi connectivity index (χ1n) is 2.91. The molecule has 0 spiro atoms. The highest BCUT2D eigenvalue weighted by molar-refractivity contribution is 5.81. The number of carbonyl (C=O) groups is 1. The molecule has 0 aliphatic carbocycles. The fourth-order valence-corrected chi connectivity index (χ4v) is 0.836. The maximum absolute atomic E-state index is 10.7. The molecule has 3 N–H and O–H groups in total. The van der Waals surface area contributed by atoms with Gasteiger partial charge in [0.1, 0.15) is 5.82 Å². The van der Waals surface area contributed by atoms with Crippen LogP contribution in [0.5, 0.6) is 0 Å². The lowest BCUT2D eigenvalue weighted by atomic mass is 10.4. The standard InChI is InChI=1S/C5H4N5O/c6-3-2-1-7-10-4(2)9-5(11)8-3/h1H,6H2,(H,9,10,11). The topological polar surface area (TPSA) is 98.2 Å². The van der Waals surface area contributed by atoms with Gasteiger partial charge in [-0.25, -0.2) is 4.79 Å². The number of hydrogen-bond acceptors (Lipinski definition) is 3. The summed E-state index contributed by atoms with van der Waals surface area (Å²) >= 11 is 0. The Morgan fingerprint density at radius 3 is 3.18 bits per heavy atom. The van der Waals surface area contributed by atoms with Crippen LogP contribution in [-0.2, 0) is 0 Å². The second-order valence-corrected chi connectivity index (χ2v) is 2.02. The molecule has 1 aromatic rings. The molecule has 1 aliphatic rings. The maximum Gasteiger partial charge on any atom is 0.371 e. The van der Waals surface area contributed by atoms with Crippen LogP contribution in [0.2, 0.25) is 0 Å². The molecule has 0 atom stereocenters. The van der Waals surface area contributed by atoms with Crippen molar-refractivity contribution < 1.29 is 4.79 Å². The normalized spacial score (nSPS) is 15.3. The van der Waals surface area contributed by atoms with E-state index in [0.29, 0.717) is 10.7 Å². The van der Waals surface area contributed by atoms with Crippen molar-refractivity contribution in [3.63, 3.8) is 0 Å². The molecular formula is C5H4N5O. The van der Waals surface area contributed by atoms with Crippen molar-refractivity contribution in [2.24, 2.45) is 10.7 Å². The number of nitrogens with one attached hydrogen (secondary N) is 1. The number of carbonyl (C=O) groups excluding carboxylic acids is 1. The molecule has 6 heteroatoms. The summed E-state index contributed by atoms with van der Waals surface area (Å²) in [5.74, 6) is 0.161. The number of rotatable bonds is 0. The summed E-state index contributed by atoms with van der Waals surface area (Å²) in [5, 5.41) is 10.2. The molecule has 0 fully saturated rings. The summed E-state index contributed by atoms with van der Waals surface area (Å²) in [6.07, 6.45) is 1.48. The molecule has 2 heterocycles. The van der Waals surface area contributed by atoms with E-state index >= 15 is 0 Å². The summed E-state index contributed by atoms with van der Waals surface area (Å²) in [4.78, 5) is 14.2. The molecule has 6 nitrogen and oxygen atoms in total. The Bertz CT molecular complexity index is 416. The van der Waals surface area contributed by atoms with E-state index in [4.69, 9.17) is 5.73 Å². The molecule has 2 amide bonds. The second-order valence-electron chi connectivity index (χ2n) is 2.02. The number of aromatic nitrogens is 2. The fourth-order valence-electron chi connectivity index (χ4n) is 0.836. The third-order valence-electron chi connectivity index (χ3n) is 1.32. The van der Waals surface area contributed by atoms with Crippen molar-refractivity contribution in [2.45, 2.75) is 0 Å². The Morgan fingerprint density at radius 2 is 2.36 bits per heavy atom. The number of fused-ring (bicyclic) bond motifs is 1. The molecule has 0 saturated heterocycles. The molecular weight excluding hydrogens is 146 g/mol. The van der Waals surface area contributed by atoms with Crippen LogP contribution in [0.4, 0.5) is 4.79 Å². The van der Waals surface area contributed by atoms with Gasteiger partial charge in [-0.15, -0.1) is 0 Å². The highest BCUT2D eigenvalue weighted by Gasteiger charge is 2.10. The summed E-state index contributed by atoms with van der Waals surface area (Å²) < 4.78 is 0. The van der Waals surface area contributed by atoms with Crippen molar-refractivity contribution in [1.29, 1.82) is 0 Å². The zero-order chi connectivity index (χ0) is 7.84. The van der Waals surface area contributed by atoms with Crippen LogP contribution in [-0.4, -0.2) is 16.2 Å². The minimum Gasteiger partial charge on any atom is -0.383 e. The average molecular weight is 150 g/mol. The van der Waals surface area contributed by atoms with Crippen LogP contribution >= 0.6 is 0 Å². The van der Waals surface area contributed by atoms with Crippen LogP contribution in [0.1, 0.15) is 0 Å². The van der Waals surface area contributed by atoms with Crippen LogP contribution in [0.25, 0.3) is 5.82 Å². The van der Waals surface area contributed by atoms with Crippen molar-refractivity contribution in [2.75, 3.05) is 0 Å². The monoisotopic (exact) mass is 150 g/mol. The third kappa shape index (κ3) is 0.759. The lowest BCUT2D eigenvalue weighted by Crippen LogP contribution is -2.38. The van der Waals surface area contributed by atoms with E-state index in [-0.39, 0.29) is 5.82 Å². The summed E-state index contributed by atoms with van der Waals surface area (Å²) in [7, 11) is 0. The fraction of sp³-hybridized carbons (Fsp3) is 0. The van der Waals surface area contributed by atoms with Gasteiger partial charge in [0.2, 0.25) is 0 Å². The smallest absolute Gasteiger partial charge is 0.371 e. The third-order valence-corrected chi connectivity index (χ3v) is 1.32. The zero-order valence-electron chi connectivity index (χ0n) is 5.40. The highest BCUT2D eigenvalue weighted by atomic mass is 16.2. The van der Waals surface area contributed by atoms with Crippen molar-refractivity contribution in [1.82, 2.24) is 15.5 Å². The summed E-state index contributed by atoms with van der Waals surface area (Å²) in [6, 6.07) is -0.598. The molecule has 1 aliphatic heterocycles. The predicted molar refractivity (Wildman–Crippen MR) is 34.5 cm³/mol. The van der Waals surface area contributed by atoms with Crippen molar-refractivity contribution in [3.8, 4) is 0 Å². The second kappa shape index (κ2) is 1.82. The van der Waals surface area contributed by atoms with Gasteiger partial charge in [0.25, 0.3) is 0 Å². The Morgan fingerprint density at radius 1 is 1.55 bits per heavy atom. The van der Waals surface area contributed by atoms with Crippen LogP contribution in [0.3, 0.4) is 0 Å². The molecule has 11 heavy (non-hydrogen) atoms. The maximum atomic E-state index is 10.7. The minimum atomic E-state index is -0.598. The SMILES string of the molecule is NC1=c2cn[nH]c2=NC(=O)[N]1. The van der Waals surface area contributed by atoms with Gasteiger partial charge in [-0.1, -0.05) is 0 Å². The Kier molecular flexibility index (Phi) is 0.974. The van der Waals surface area contributed by atoms with Gasteiger partial charge in [-0.05, 0) is 0 Å². The van der Waals surface area contributed by atoms with Gasteiger partial charge in [-0.2, -0.15) is 15.4 Å². The van der Waals surface area contributed by atoms with Gasteiger partial charge in [-0.3, -0.25) is 5.10 Å². The molecule has 1 radical (unpaired) electrons. The van der Waals surface area contributed by atoms with E-state index in [1.807, 2.05) is 0 Å². The quantitative estimate of drug-likeness (QED) is 0.438. The number of amides is 2. The Labute approximate surface area is 60.8 Å². The Hall–Kier alpha value is -1.85. The van der Waals surface area contributed by atoms with Crippen molar-refractivity contribution >= 4 is 11.9 Å². The summed E-state index contributed by atoms with van der Waals surface area (Å²) in [6.45, 7) is 0. The van der Waals surface area contributed by atoms with Gasteiger partial charge in [0.05, 0.1) is 11.4 Å². The minimum absolute atomic E-state index is 0.161. The predicted octanol–water partition coefficient (Wildman–Crippen LogP) is -2.21. The first kappa shape index (κ1) is 5.90. The van der Waals surface area contributed by atoms with Crippen LogP contribution in [0.15, 0.2) is 11.2 Å². The average Bonchev–Trinajstić information content (AvgIpc) is 2.34. The molecule has 2 rings (SSSR count).